The Kier molecular flexibility index (Phi) is 3.01. The average Bonchev–Trinajstić information content (AvgIpc) is 2.90. The summed E-state index contributed by atoms with van der Waals surface area (Å²) in [6.45, 7) is 2.33. The number of hydrogen-bond acceptors (Lipinski definition) is 2. The number of hydrogen-bond donors (Lipinski definition) is 1. The van der Waals surface area contributed by atoms with Gasteiger partial charge < -0.3 is 5.32 Å². The number of halogens is 2. The Morgan fingerprint density at radius 1 is 1.20 bits per heavy atom. The minimum atomic E-state index is -0.822. The van der Waals surface area contributed by atoms with Gasteiger partial charge in [0.1, 0.15) is 11.6 Å². The predicted molar refractivity (Wildman–Crippen MR) is 73.2 cm³/mol. The maximum Gasteiger partial charge on any atom is 0.198 e. The molecule has 0 aromatic heterocycles. The zero-order valence-electron chi connectivity index (χ0n) is 11.0. The summed E-state index contributed by atoms with van der Waals surface area (Å²) >= 11 is 0. The van der Waals surface area contributed by atoms with Gasteiger partial charge in [-0.15, -0.1) is 0 Å². The van der Waals surface area contributed by atoms with E-state index in [0.717, 1.165) is 30.3 Å². The molecule has 0 saturated carbocycles. The first-order valence-corrected chi connectivity index (χ1v) is 6.44. The van der Waals surface area contributed by atoms with E-state index in [-0.39, 0.29) is 5.56 Å². The van der Waals surface area contributed by atoms with Crippen molar-refractivity contribution in [2.45, 2.75) is 13.3 Å². The summed E-state index contributed by atoms with van der Waals surface area (Å²) in [7, 11) is 0. The Balaban J connectivity index is 2.07. The van der Waals surface area contributed by atoms with Crippen molar-refractivity contribution in [1.82, 2.24) is 0 Å². The normalized spacial score (nSPS) is 12.9. The molecule has 0 bridgehead atoms. The highest BCUT2D eigenvalue weighted by molar-refractivity contribution is 6.09. The van der Waals surface area contributed by atoms with E-state index in [1.54, 1.807) is 18.2 Å². The van der Waals surface area contributed by atoms with Gasteiger partial charge in [-0.2, -0.15) is 0 Å². The fourth-order valence-electron chi connectivity index (χ4n) is 2.46. The van der Waals surface area contributed by atoms with Gasteiger partial charge in [0.25, 0.3) is 0 Å². The zero-order chi connectivity index (χ0) is 14.3. The molecule has 1 aliphatic heterocycles. The third-order valence-electron chi connectivity index (χ3n) is 3.59. The summed E-state index contributed by atoms with van der Waals surface area (Å²) in [5, 5.41) is 3.18. The summed E-state index contributed by atoms with van der Waals surface area (Å²) in [5.41, 5.74) is 2.08. The van der Waals surface area contributed by atoms with Gasteiger partial charge in [0.05, 0.1) is 5.56 Å². The van der Waals surface area contributed by atoms with Crippen molar-refractivity contribution in [3.8, 4) is 0 Å². The van der Waals surface area contributed by atoms with Gasteiger partial charge >= 0.3 is 0 Å². The Morgan fingerprint density at radius 2 is 2.00 bits per heavy atom. The molecule has 0 unspecified atom stereocenters. The molecule has 0 aliphatic carbocycles. The Labute approximate surface area is 115 Å². The molecular weight excluding hydrogens is 260 g/mol. The molecule has 0 spiro atoms. The highest BCUT2D eigenvalue weighted by Crippen LogP contribution is 2.26. The lowest BCUT2D eigenvalue weighted by Crippen LogP contribution is -2.09. The molecule has 102 valence electrons. The number of rotatable bonds is 2. The number of ketones is 1. The smallest absolute Gasteiger partial charge is 0.198 e. The molecule has 2 aromatic rings. The number of fused-ring (bicyclic) bond motifs is 1. The van der Waals surface area contributed by atoms with Crippen molar-refractivity contribution in [1.29, 1.82) is 0 Å². The maximum atomic E-state index is 14.0. The molecule has 0 amide bonds. The van der Waals surface area contributed by atoms with Crippen molar-refractivity contribution >= 4 is 11.5 Å². The molecule has 0 saturated heterocycles. The first-order chi connectivity index (χ1) is 9.58. The molecule has 0 atom stereocenters. The maximum absolute atomic E-state index is 14.0. The average molecular weight is 273 g/mol. The molecular formula is C16H13F2NO. The number of carbonyl (C=O) groups excluding carboxylic acids is 1. The summed E-state index contributed by atoms with van der Waals surface area (Å²) in [6.07, 6.45) is 0.815. The van der Waals surface area contributed by atoms with E-state index in [1.807, 2.05) is 0 Å². The number of anilines is 1. The van der Waals surface area contributed by atoms with E-state index in [9.17, 15) is 13.6 Å². The quantitative estimate of drug-likeness (QED) is 0.849. The fourth-order valence-corrected chi connectivity index (χ4v) is 2.46. The van der Waals surface area contributed by atoms with Gasteiger partial charge in [-0.3, -0.25) is 4.79 Å². The SMILES string of the molecule is Cc1ccc(F)c(C(=O)c2ccc3c(c2)CCN3)c1F. The zero-order valence-corrected chi connectivity index (χ0v) is 11.0. The summed E-state index contributed by atoms with van der Waals surface area (Å²) in [5.74, 6) is -2.22. The highest BCUT2D eigenvalue weighted by atomic mass is 19.1. The van der Waals surface area contributed by atoms with E-state index in [0.29, 0.717) is 5.56 Å². The summed E-state index contributed by atoms with van der Waals surface area (Å²) in [4.78, 5) is 12.3. The van der Waals surface area contributed by atoms with Crippen LogP contribution in [-0.4, -0.2) is 12.3 Å². The van der Waals surface area contributed by atoms with E-state index >= 15 is 0 Å². The topological polar surface area (TPSA) is 29.1 Å². The molecule has 1 aliphatic rings. The minimum Gasteiger partial charge on any atom is -0.384 e. The van der Waals surface area contributed by atoms with Crippen LogP contribution >= 0.6 is 0 Å². The first kappa shape index (κ1) is 12.8. The Hall–Kier alpha value is -2.23. The van der Waals surface area contributed by atoms with Crippen LogP contribution in [-0.2, 0) is 6.42 Å². The number of aryl methyl sites for hydroxylation is 1. The first-order valence-electron chi connectivity index (χ1n) is 6.44. The van der Waals surface area contributed by atoms with Crippen LogP contribution in [0, 0.1) is 18.6 Å². The van der Waals surface area contributed by atoms with Gasteiger partial charge in [0, 0.05) is 17.8 Å². The molecule has 0 fully saturated rings. The minimum absolute atomic E-state index is 0.262. The van der Waals surface area contributed by atoms with Crippen molar-refractivity contribution in [3.63, 3.8) is 0 Å². The lowest BCUT2D eigenvalue weighted by Gasteiger charge is -2.08. The largest absolute Gasteiger partial charge is 0.384 e. The third kappa shape index (κ3) is 1.97. The van der Waals surface area contributed by atoms with Gasteiger partial charge in [0.2, 0.25) is 0 Å². The van der Waals surface area contributed by atoms with Crippen LogP contribution in [0.2, 0.25) is 0 Å². The predicted octanol–water partition coefficient (Wildman–Crippen LogP) is 3.47. The second-order valence-electron chi connectivity index (χ2n) is 4.93. The molecule has 1 heterocycles. The highest BCUT2D eigenvalue weighted by Gasteiger charge is 2.22. The molecule has 2 nitrogen and oxygen atoms in total. The van der Waals surface area contributed by atoms with Crippen molar-refractivity contribution in [2.24, 2.45) is 0 Å². The van der Waals surface area contributed by atoms with Crippen LogP contribution in [0.4, 0.5) is 14.5 Å². The number of benzene rings is 2. The second-order valence-corrected chi connectivity index (χ2v) is 4.93. The molecule has 2 aromatic carbocycles. The van der Waals surface area contributed by atoms with E-state index in [2.05, 4.69) is 5.32 Å². The standard InChI is InChI=1S/C16H13F2NO/c1-9-2-4-12(17)14(15(9)18)16(20)11-3-5-13-10(8-11)6-7-19-13/h2-5,8,19H,6-7H2,1H3. The Morgan fingerprint density at radius 3 is 2.80 bits per heavy atom. The van der Waals surface area contributed by atoms with Crippen molar-refractivity contribution in [3.05, 3.63) is 64.2 Å². The van der Waals surface area contributed by atoms with Crippen LogP contribution in [0.15, 0.2) is 30.3 Å². The van der Waals surface area contributed by atoms with Crippen molar-refractivity contribution < 1.29 is 13.6 Å². The number of carbonyl (C=O) groups is 1. The van der Waals surface area contributed by atoms with Gasteiger partial charge in [0.15, 0.2) is 5.78 Å². The van der Waals surface area contributed by atoms with E-state index in [4.69, 9.17) is 0 Å². The molecule has 1 N–H and O–H groups in total. The van der Waals surface area contributed by atoms with Gasteiger partial charge in [-0.1, -0.05) is 6.07 Å². The van der Waals surface area contributed by atoms with E-state index < -0.39 is 23.0 Å². The van der Waals surface area contributed by atoms with Gasteiger partial charge in [-0.05, 0) is 48.7 Å². The Bertz CT molecular complexity index is 710. The second kappa shape index (κ2) is 4.71. The monoisotopic (exact) mass is 273 g/mol. The van der Waals surface area contributed by atoms with Crippen LogP contribution < -0.4 is 5.32 Å². The van der Waals surface area contributed by atoms with Crippen LogP contribution in [0.25, 0.3) is 0 Å². The molecule has 4 heteroatoms. The van der Waals surface area contributed by atoms with Crippen molar-refractivity contribution in [2.75, 3.05) is 11.9 Å². The summed E-state index contributed by atoms with van der Waals surface area (Å²) in [6, 6.07) is 7.54. The van der Waals surface area contributed by atoms with Crippen LogP contribution in [0.5, 0.6) is 0 Å². The summed E-state index contributed by atoms with van der Waals surface area (Å²) < 4.78 is 27.8. The fraction of sp³-hybridized carbons (Fsp3) is 0.188. The molecule has 20 heavy (non-hydrogen) atoms. The molecule has 3 rings (SSSR count). The van der Waals surface area contributed by atoms with Crippen LogP contribution in [0.1, 0.15) is 27.0 Å². The van der Waals surface area contributed by atoms with Crippen LogP contribution in [0.3, 0.4) is 0 Å². The third-order valence-corrected chi connectivity index (χ3v) is 3.59. The van der Waals surface area contributed by atoms with Gasteiger partial charge in [-0.25, -0.2) is 8.78 Å². The van der Waals surface area contributed by atoms with E-state index in [1.165, 1.54) is 13.0 Å². The lowest BCUT2D eigenvalue weighted by atomic mass is 9.98. The molecule has 0 radical (unpaired) electrons. The number of nitrogens with one attached hydrogen (secondary N) is 1. The lowest BCUT2D eigenvalue weighted by molar-refractivity contribution is 0.103.